The number of phosphoric ester groups is 1. The highest BCUT2D eigenvalue weighted by Crippen LogP contribution is 2.37. The van der Waals surface area contributed by atoms with Crippen LogP contribution in [0.15, 0.2) is 97.1 Å². The molecule has 6 aromatic carbocycles. The molecular weight excluding hydrogens is 1200 g/mol. The van der Waals surface area contributed by atoms with Gasteiger partial charge in [0.05, 0.1) is 58.0 Å². The normalized spacial score (nSPS) is 11.8. The lowest BCUT2D eigenvalue weighted by Crippen LogP contribution is -2.31. The minimum Gasteiger partial charge on any atom is -0.780 e. The van der Waals surface area contributed by atoms with Gasteiger partial charge in [0.15, 0.2) is 20.2 Å². The summed E-state index contributed by atoms with van der Waals surface area (Å²) in [4.78, 5) is 72.3. The lowest BCUT2D eigenvalue weighted by molar-refractivity contribution is -0.617. The number of aromatic carboxylic acids is 2. The number of phenols is 1. The first-order valence-electron chi connectivity index (χ1n) is 23.1. The summed E-state index contributed by atoms with van der Waals surface area (Å²) in [5.74, 6) is -2.27. The van der Waals surface area contributed by atoms with Gasteiger partial charge in [0.1, 0.15) is 56.4 Å². The Hall–Kier alpha value is -8.71. The predicted octanol–water partition coefficient (Wildman–Crippen LogP) is 6.74. The van der Waals surface area contributed by atoms with E-state index in [9.17, 15) is 75.2 Å². The first-order valence-corrected chi connectivity index (χ1v) is 27.3. The monoisotopic (exact) mass is 1240 g/mol. The third-order valence-electron chi connectivity index (χ3n) is 11.9. The highest BCUT2D eigenvalue weighted by atomic mass is 32.2. The average molecular weight is 1240 g/mol. The van der Waals surface area contributed by atoms with Crippen molar-refractivity contribution < 1.29 is 134 Å². The maximum absolute atomic E-state index is 13.7. The number of alkyl halides is 6. The van der Waals surface area contributed by atoms with Crippen molar-refractivity contribution in [3.05, 3.63) is 142 Å². The molecule has 0 bridgehead atoms. The van der Waals surface area contributed by atoms with Gasteiger partial charge >= 0.3 is 34.9 Å². The summed E-state index contributed by atoms with van der Waals surface area (Å²) in [7, 11) is -10.9. The third kappa shape index (κ3) is 15.3. The highest BCUT2D eigenvalue weighted by Gasteiger charge is 2.38. The number of pyridine rings is 2. The summed E-state index contributed by atoms with van der Waals surface area (Å²) in [6, 6.07) is 25.2. The van der Waals surface area contributed by atoms with E-state index < -0.39 is 63.0 Å². The Morgan fingerprint density at radius 3 is 1.06 bits per heavy atom. The van der Waals surface area contributed by atoms with Crippen LogP contribution < -0.4 is 42.4 Å². The molecule has 0 aliphatic heterocycles. The maximum Gasteiger partial charge on any atom is 0.485 e. The number of carboxylic acid groups (broad SMARTS) is 2. The second kappa shape index (κ2) is 25.0. The molecule has 0 radical (unpaired) electrons. The highest BCUT2D eigenvalue weighted by molar-refractivity contribution is 7.86. The van der Waals surface area contributed by atoms with E-state index in [1.807, 2.05) is 23.7 Å². The molecule has 448 valence electrons. The van der Waals surface area contributed by atoms with Crippen LogP contribution in [-0.4, -0.2) is 90.4 Å². The number of aryl methyl sites for hydroxylation is 6. The number of esters is 2. The molecule has 8 aromatic rings. The first-order chi connectivity index (χ1) is 38.6. The molecular formula is C52H43F6N2O21PS2-2. The van der Waals surface area contributed by atoms with E-state index in [1.165, 1.54) is 55.6 Å². The average Bonchev–Trinajstić information content (AvgIpc) is 0.854. The third-order valence-corrected chi connectivity index (χ3v) is 13.4. The summed E-state index contributed by atoms with van der Waals surface area (Å²) < 4.78 is 160. The summed E-state index contributed by atoms with van der Waals surface area (Å²) >= 11 is 0. The molecule has 32 heteroatoms. The number of ether oxygens (including phenoxy) is 4. The van der Waals surface area contributed by atoms with Gasteiger partial charge in [0.25, 0.3) is 0 Å². The van der Waals surface area contributed by atoms with Crippen molar-refractivity contribution in [2.75, 3.05) is 14.2 Å². The number of phenolic OH excluding ortho intramolecular Hbond substituents is 1. The molecule has 8 rings (SSSR count). The van der Waals surface area contributed by atoms with E-state index >= 15 is 0 Å². The van der Waals surface area contributed by atoms with Crippen molar-refractivity contribution in [2.45, 2.75) is 38.7 Å². The molecule has 2 heterocycles. The second-order valence-electron chi connectivity index (χ2n) is 17.6. The van der Waals surface area contributed by atoms with Crippen LogP contribution in [0.25, 0.3) is 43.6 Å². The topological polar surface area (TPSA) is 360 Å². The first kappa shape index (κ1) is 66.1. The number of carbonyl (C=O) groups is 4. The SMILES string of the molecule is COc1ccc2c(c1)c(C(=O)Oc1c(C)cc(C(=O)O)cc1C)c1cc(O)ccc1[n+]2C.COc1ccc2c(c1)c(C(=O)Oc1c(C)cc(C(=O)O)cc1C)c1cc(OP(=O)([O-])[O-])ccc1[n+]2C.O=S(=O)([O-])C(F)(F)F.O=S(=O)([O-])C(F)(F)F. The predicted molar refractivity (Wildman–Crippen MR) is 275 cm³/mol. The Morgan fingerprint density at radius 2 is 0.786 bits per heavy atom. The van der Waals surface area contributed by atoms with Crippen LogP contribution in [0.2, 0.25) is 0 Å². The van der Waals surface area contributed by atoms with Gasteiger partial charge in [-0.3, -0.25) is 0 Å². The van der Waals surface area contributed by atoms with Crippen LogP contribution in [0.3, 0.4) is 0 Å². The smallest absolute Gasteiger partial charge is 0.485 e. The van der Waals surface area contributed by atoms with E-state index in [-0.39, 0.29) is 44.9 Å². The summed E-state index contributed by atoms with van der Waals surface area (Å²) in [5.41, 5.74) is -6.10. The van der Waals surface area contributed by atoms with Gasteiger partial charge in [-0.15, -0.1) is 0 Å². The molecule has 0 fully saturated rings. The molecule has 2 aromatic heterocycles. The van der Waals surface area contributed by atoms with Crippen LogP contribution in [0.5, 0.6) is 34.5 Å². The van der Waals surface area contributed by atoms with Gasteiger partial charge in [0.2, 0.25) is 22.1 Å². The van der Waals surface area contributed by atoms with Crippen LogP contribution >= 0.6 is 7.82 Å². The number of carboxylic acids is 2. The summed E-state index contributed by atoms with van der Waals surface area (Å²) in [6.45, 7) is 6.63. The number of carbonyl (C=O) groups excluding carboxylic acids is 2. The molecule has 0 aliphatic rings. The van der Waals surface area contributed by atoms with Crippen molar-refractivity contribution in [3.8, 4) is 34.5 Å². The number of phosphoric acid groups is 1. The molecule has 0 aliphatic carbocycles. The largest absolute Gasteiger partial charge is 0.780 e. The van der Waals surface area contributed by atoms with Crippen molar-refractivity contribution in [1.82, 2.24) is 0 Å². The number of fused-ring (bicyclic) bond motifs is 4. The molecule has 0 atom stereocenters. The number of benzene rings is 6. The molecule has 0 amide bonds. The zero-order chi connectivity index (χ0) is 63.5. The van der Waals surface area contributed by atoms with Gasteiger partial charge in [-0.1, -0.05) is 0 Å². The van der Waals surface area contributed by atoms with Gasteiger partial charge in [-0.05, 0) is 123 Å². The van der Waals surface area contributed by atoms with Gasteiger partial charge in [-0.25, -0.2) is 36.0 Å². The zero-order valence-corrected chi connectivity index (χ0v) is 46.9. The van der Waals surface area contributed by atoms with Crippen molar-refractivity contribution >= 4 is 95.5 Å². The van der Waals surface area contributed by atoms with Crippen molar-refractivity contribution in [1.29, 1.82) is 0 Å². The van der Waals surface area contributed by atoms with Crippen molar-refractivity contribution in [2.24, 2.45) is 14.1 Å². The molecule has 3 N–H and O–H groups in total. The number of hydrogen-bond acceptors (Lipinski definition) is 19. The Labute approximate surface area is 470 Å². The second-order valence-corrected chi connectivity index (χ2v) is 21.4. The molecule has 0 saturated heterocycles. The Balaban J connectivity index is 0.000000245. The maximum atomic E-state index is 13.7. The van der Waals surface area contributed by atoms with Crippen LogP contribution in [0, 0.1) is 27.7 Å². The molecule has 84 heavy (non-hydrogen) atoms. The van der Waals surface area contributed by atoms with Crippen LogP contribution in [0.1, 0.15) is 63.7 Å². The number of nitrogens with zero attached hydrogens (tertiary/aromatic N) is 2. The fourth-order valence-corrected chi connectivity index (χ4v) is 8.60. The fourth-order valence-electron chi connectivity index (χ4n) is 8.23. The Bertz CT molecular complexity index is 4180. The quantitative estimate of drug-likeness (QED) is 0.0186. The standard InChI is InChI=1S/C25H22NO9P.C25H21NO6.2CHF3O3S/c1-13-9-15(24(27)28)10-14(2)23(13)34-25(29)22-18-11-16(33-4)5-7-20(18)26(3)21-8-6-17(12-19(21)22)35-36(30,31)32;1-13-9-15(24(28)29)10-14(2)23(13)32-25(30)22-18-11-16(27)5-7-20(18)26(3)21-8-6-17(31-4)12-19(21)22;2*2-1(3,4)8(5,6)7/h5-12H,1-4H3,(H2-,27,28,30,31,32);5-12H,1-4H3,(H-,27,28,29,30);2*(H,5,6,7)/p-2. The van der Waals surface area contributed by atoms with Crippen LogP contribution in [0.4, 0.5) is 26.3 Å². The number of methoxy groups -OCH3 is 2. The minimum absolute atomic E-state index is 0.0203. The van der Waals surface area contributed by atoms with Crippen LogP contribution in [-0.2, 0) is 38.9 Å². The minimum atomic E-state index is -6.09. The molecule has 0 saturated carbocycles. The van der Waals surface area contributed by atoms with Gasteiger partial charge in [-0.2, -0.15) is 35.5 Å². The zero-order valence-electron chi connectivity index (χ0n) is 44.4. The Kier molecular flexibility index (Phi) is 19.7. The number of hydrogen-bond donors (Lipinski definition) is 3. The number of rotatable bonds is 10. The lowest BCUT2D eigenvalue weighted by atomic mass is 10.0. The number of halogens is 6. The van der Waals surface area contributed by atoms with Crippen molar-refractivity contribution in [3.63, 3.8) is 0 Å². The number of aromatic hydroxyl groups is 1. The molecule has 23 nitrogen and oxygen atoms in total. The molecule has 0 spiro atoms. The Morgan fingerprint density at radius 1 is 0.512 bits per heavy atom. The summed E-state index contributed by atoms with van der Waals surface area (Å²) in [6.07, 6.45) is 0. The van der Waals surface area contributed by atoms with Gasteiger partial charge < -0.3 is 62.2 Å². The number of aromatic nitrogens is 2. The van der Waals surface area contributed by atoms with E-state index in [2.05, 4.69) is 4.52 Å². The lowest BCUT2D eigenvalue weighted by Gasteiger charge is -2.29. The van der Waals surface area contributed by atoms with E-state index in [4.69, 9.17) is 44.9 Å². The van der Waals surface area contributed by atoms with E-state index in [0.29, 0.717) is 66.7 Å². The van der Waals surface area contributed by atoms with Gasteiger partial charge in [0, 0.05) is 24.3 Å². The fraction of sp³-hybridized carbons (Fsp3) is 0.192. The van der Waals surface area contributed by atoms with E-state index in [0.717, 1.165) is 11.0 Å². The molecule has 0 unspecified atom stereocenters. The van der Waals surface area contributed by atoms with E-state index in [1.54, 1.807) is 82.8 Å². The summed E-state index contributed by atoms with van der Waals surface area (Å²) in [5, 5.41) is 30.5.